The van der Waals surface area contributed by atoms with Crippen LogP contribution in [0.5, 0.6) is 0 Å². The van der Waals surface area contributed by atoms with Crippen LogP contribution < -0.4 is 0 Å². The minimum atomic E-state index is 0.606. The molecular weight excluding hydrogens is 210 g/mol. The summed E-state index contributed by atoms with van der Waals surface area (Å²) in [7, 11) is 0. The highest BCUT2D eigenvalue weighted by Gasteiger charge is 2.08. The molecule has 0 aliphatic rings. The van der Waals surface area contributed by atoms with Gasteiger partial charge in [-0.1, -0.05) is 0 Å². The van der Waals surface area contributed by atoms with Gasteiger partial charge in [0.1, 0.15) is 5.69 Å². The van der Waals surface area contributed by atoms with Gasteiger partial charge in [-0.2, -0.15) is 5.10 Å². The zero-order valence-corrected chi connectivity index (χ0v) is 9.38. The highest BCUT2D eigenvalue weighted by atomic mass is 32.1. The van der Waals surface area contributed by atoms with Gasteiger partial charge in [0.2, 0.25) is 0 Å². The van der Waals surface area contributed by atoms with Crippen molar-refractivity contribution >= 4 is 12.2 Å². The molecule has 0 bridgehead atoms. The number of aromatic nitrogens is 5. The monoisotopic (exact) mass is 221 g/mol. The van der Waals surface area contributed by atoms with Gasteiger partial charge in [-0.3, -0.25) is 14.6 Å². The minimum Gasteiger partial charge on any atom is -0.299 e. The predicted octanol–water partition coefficient (Wildman–Crippen LogP) is 1.73. The van der Waals surface area contributed by atoms with E-state index < -0.39 is 0 Å². The summed E-state index contributed by atoms with van der Waals surface area (Å²) in [5.74, 6) is 0.731. The van der Waals surface area contributed by atoms with E-state index in [1.807, 2.05) is 18.4 Å². The van der Waals surface area contributed by atoms with E-state index in [1.54, 1.807) is 12.4 Å². The Morgan fingerprint density at radius 1 is 1.40 bits per heavy atom. The van der Waals surface area contributed by atoms with Crippen molar-refractivity contribution in [3.8, 4) is 11.5 Å². The summed E-state index contributed by atoms with van der Waals surface area (Å²) in [6.07, 6.45) is 3.42. The molecule has 0 aliphatic carbocycles. The third kappa shape index (κ3) is 1.80. The summed E-state index contributed by atoms with van der Waals surface area (Å²) in [6.45, 7) is 4.67. The molecule has 0 aliphatic heterocycles. The molecule has 0 amide bonds. The number of nitrogens with zero attached hydrogens (tertiary/aromatic N) is 4. The molecule has 0 unspecified atom stereocenters. The fourth-order valence-corrected chi connectivity index (χ4v) is 1.58. The van der Waals surface area contributed by atoms with Gasteiger partial charge >= 0.3 is 0 Å². The molecule has 15 heavy (non-hydrogen) atoms. The number of nitrogens with one attached hydrogen (secondary N) is 1. The average Bonchev–Trinajstić information content (AvgIpc) is 2.61. The van der Waals surface area contributed by atoms with Gasteiger partial charge in [-0.05, 0) is 26.1 Å². The zero-order valence-electron chi connectivity index (χ0n) is 8.56. The van der Waals surface area contributed by atoms with Gasteiger partial charge in [0.25, 0.3) is 0 Å². The maximum atomic E-state index is 5.09. The molecule has 2 heterocycles. The number of hydrogen-bond donors (Lipinski definition) is 1. The number of aryl methyl sites for hydroxylation is 1. The van der Waals surface area contributed by atoms with Gasteiger partial charge in [-0.25, -0.2) is 4.98 Å². The average molecular weight is 221 g/mol. The van der Waals surface area contributed by atoms with Crippen LogP contribution in [-0.2, 0) is 6.54 Å². The van der Waals surface area contributed by atoms with Gasteiger partial charge in [0, 0.05) is 12.7 Å². The Kier molecular flexibility index (Phi) is 2.59. The molecule has 2 rings (SSSR count). The molecule has 2 aromatic rings. The second-order valence-corrected chi connectivity index (χ2v) is 3.53. The SMILES string of the molecule is CCn1c(-c2cnc(C)cn2)n[nH]c1=S. The van der Waals surface area contributed by atoms with Crippen molar-refractivity contribution in [3.05, 3.63) is 22.9 Å². The molecule has 2 aromatic heterocycles. The van der Waals surface area contributed by atoms with Crippen LogP contribution in [0.25, 0.3) is 11.5 Å². The summed E-state index contributed by atoms with van der Waals surface area (Å²) in [5.41, 5.74) is 1.62. The third-order valence-corrected chi connectivity index (χ3v) is 2.40. The molecule has 0 spiro atoms. The van der Waals surface area contributed by atoms with Crippen LogP contribution >= 0.6 is 12.2 Å². The van der Waals surface area contributed by atoms with Crippen LogP contribution in [0.1, 0.15) is 12.6 Å². The summed E-state index contributed by atoms with van der Waals surface area (Å²) in [6, 6.07) is 0. The molecule has 0 saturated carbocycles. The molecule has 1 N–H and O–H groups in total. The van der Waals surface area contributed by atoms with E-state index >= 15 is 0 Å². The molecular formula is C9H11N5S. The first-order valence-electron chi connectivity index (χ1n) is 4.66. The Morgan fingerprint density at radius 2 is 2.20 bits per heavy atom. The molecule has 0 saturated heterocycles. The van der Waals surface area contributed by atoms with E-state index in [0.29, 0.717) is 4.77 Å². The lowest BCUT2D eigenvalue weighted by Crippen LogP contribution is -1.99. The molecule has 0 radical (unpaired) electrons. The Labute approximate surface area is 92.2 Å². The van der Waals surface area contributed by atoms with E-state index in [9.17, 15) is 0 Å². The highest BCUT2D eigenvalue weighted by molar-refractivity contribution is 7.71. The van der Waals surface area contributed by atoms with E-state index in [0.717, 1.165) is 23.8 Å². The fraction of sp³-hybridized carbons (Fsp3) is 0.333. The van der Waals surface area contributed by atoms with E-state index in [1.165, 1.54) is 0 Å². The molecule has 5 nitrogen and oxygen atoms in total. The second kappa shape index (κ2) is 3.90. The van der Waals surface area contributed by atoms with Crippen molar-refractivity contribution in [2.75, 3.05) is 0 Å². The predicted molar refractivity (Wildman–Crippen MR) is 58.8 cm³/mol. The third-order valence-electron chi connectivity index (χ3n) is 2.08. The van der Waals surface area contributed by atoms with Crippen LogP contribution in [0, 0.1) is 11.7 Å². The van der Waals surface area contributed by atoms with Crippen molar-refractivity contribution in [2.45, 2.75) is 20.4 Å². The second-order valence-electron chi connectivity index (χ2n) is 3.14. The van der Waals surface area contributed by atoms with Gasteiger partial charge in [-0.15, -0.1) is 0 Å². The van der Waals surface area contributed by atoms with Crippen LogP contribution in [0.3, 0.4) is 0 Å². The van der Waals surface area contributed by atoms with Crippen molar-refractivity contribution < 1.29 is 0 Å². The summed E-state index contributed by atoms with van der Waals surface area (Å²) < 4.78 is 2.49. The number of rotatable bonds is 2. The Bertz CT molecular complexity index is 510. The first kappa shape index (κ1) is 9.97. The smallest absolute Gasteiger partial charge is 0.195 e. The summed E-state index contributed by atoms with van der Waals surface area (Å²) >= 11 is 5.09. The zero-order chi connectivity index (χ0) is 10.8. The molecule has 0 fully saturated rings. The number of hydrogen-bond acceptors (Lipinski definition) is 4. The fourth-order valence-electron chi connectivity index (χ4n) is 1.31. The van der Waals surface area contributed by atoms with Crippen molar-refractivity contribution in [1.29, 1.82) is 0 Å². The molecule has 78 valence electrons. The lowest BCUT2D eigenvalue weighted by Gasteiger charge is -2.01. The number of H-pyrrole nitrogens is 1. The van der Waals surface area contributed by atoms with Crippen LogP contribution in [0.2, 0.25) is 0 Å². The quantitative estimate of drug-likeness (QED) is 0.784. The lowest BCUT2D eigenvalue weighted by atomic mass is 10.4. The van der Waals surface area contributed by atoms with Crippen molar-refractivity contribution in [3.63, 3.8) is 0 Å². The van der Waals surface area contributed by atoms with E-state index in [4.69, 9.17) is 12.2 Å². The first-order valence-corrected chi connectivity index (χ1v) is 5.07. The molecule has 0 atom stereocenters. The van der Waals surface area contributed by atoms with E-state index in [-0.39, 0.29) is 0 Å². The largest absolute Gasteiger partial charge is 0.299 e. The van der Waals surface area contributed by atoms with Gasteiger partial charge in [0.05, 0.1) is 11.9 Å². The Morgan fingerprint density at radius 3 is 2.80 bits per heavy atom. The Hall–Kier alpha value is -1.56. The van der Waals surface area contributed by atoms with Crippen molar-refractivity contribution in [1.82, 2.24) is 24.7 Å². The molecule has 0 aromatic carbocycles. The van der Waals surface area contributed by atoms with Crippen LogP contribution in [0.4, 0.5) is 0 Å². The normalized spacial score (nSPS) is 10.5. The highest BCUT2D eigenvalue weighted by Crippen LogP contribution is 2.12. The van der Waals surface area contributed by atoms with Crippen LogP contribution in [0.15, 0.2) is 12.4 Å². The van der Waals surface area contributed by atoms with Crippen LogP contribution in [-0.4, -0.2) is 24.7 Å². The standard InChI is InChI=1S/C9H11N5S/c1-3-14-8(12-13-9(14)15)7-5-10-6(2)4-11-7/h4-5H,3H2,1-2H3,(H,13,15). The number of aromatic amines is 1. The maximum absolute atomic E-state index is 5.09. The Balaban J connectivity index is 2.54. The van der Waals surface area contributed by atoms with Gasteiger partial charge in [0.15, 0.2) is 10.6 Å². The topological polar surface area (TPSA) is 59.4 Å². The molecule has 6 heteroatoms. The lowest BCUT2D eigenvalue weighted by molar-refractivity contribution is 0.752. The summed E-state index contributed by atoms with van der Waals surface area (Å²) in [5, 5.41) is 6.88. The summed E-state index contributed by atoms with van der Waals surface area (Å²) in [4.78, 5) is 8.43. The van der Waals surface area contributed by atoms with E-state index in [2.05, 4.69) is 20.2 Å². The minimum absolute atomic E-state index is 0.606. The van der Waals surface area contributed by atoms with Crippen molar-refractivity contribution in [2.24, 2.45) is 0 Å². The van der Waals surface area contributed by atoms with Gasteiger partial charge < -0.3 is 0 Å². The first-order chi connectivity index (χ1) is 7.22. The maximum Gasteiger partial charge on any atom is 0.195 e.